The average Bonchev–Trinajstić information content (AvgIpc) is 3.26. The number of ether oxygens (including phenoxy) is 2. The first kappa shape index (κ1) is 21.7. The third-order valence-electron chi connectivity index (χ3n) is 4.26. The number of amides is 1. The molecule has 30 heavy (non-hydrogen) atoms. The number of rotatable bonds is 9. The second kappa shape index (κ2) is 9.64. The summed E-state index contributed by atoms with van der Waals surface area (Å²) < 4.78 is 38.6. The van der Waals surface area contributed by atoms with Gasteiger partial charge in [-0.05, 0) is 60.3 Å². The summed E-state index contributed by atoms with van der Waals surface area (Å²) >= 11 is 1.59. The van der Waals surface area contributed by atoms with Crippen LogP contribution in [0.15, 0.2) is 64.9 Å². The molecule has 0 aliphatic heterocycles. The molecule has 3 rings (SSSR count). The fraction of sp³-hybridized carbons (Fsp3) is 0.190. The highest BCUT2D eigenvalue weighted by Crippen LogP contribution is 2.29. The number of aryl methyl sites for hydroxylation is 1. The van der Waals surface area contributed by atoms with E-state index < -0.39 is 10.0 Å². The topological polar surface area (TPSA) is 93.7 Å². The molecule has 0 spiro atoms. The van der Waals surface area contributed by atoms with Crippen LogP contribution >= 0.6 is 11.3 Å². The molecular weight excluding hydrogens is 424 g/mol. The monoisotopic (exact) mass is 446 g/mol. The van der Waals surface area contributed by atoms with Crippen molar-refractivity contribution in [3.8, 4) is 11.5 Å². The molecule has 0 unspecified atom stereocenters. The van der Waals surface area contributed by atoms with Crippen molar-refractivity contribution in [2.45, 2.75) is 17.7 Å². The van der Waals surface area contributed by atoms with Crippen molar-refractivity contribution in [2.75, 3.05) is 24.3 Å². The summed E-state index contributed by atoms with van der Waals surface area (Å²) in [6.45, 7) is 0. The molecule has 0 aliphatic rings. The van der Waals surface area contributed by atoms with Gasteiger partial charge >= 0.3 is 0 Å². The Morgan fingerprint density at radius 1 is 1.00 bits per heavy atom. The molecule has 1 aromatic heterocycles. The zero-order chi connectivity index (χ0) is 21.6. The van der Waals surface area contributed by atoms with Crippen LogP contribution in [0.25, 0.3) is 0 Å². The lowest BCUT2D eigenvalue weighted by Gasteiger charge is -2.14. The van der Waals surface area contributed by atoms with E-state index in [4.69, 9.17) is 9.47 Å². The van der Waals surface area contributed by atoms with Gasteiger partial charge in [-0.25, -0.2) is 8.42 Å². The molecule has 0 fully saturated rings. The van der Waals surface area contributed by atoms with Gasteiger partial charge in [0.25, 0.3) is 10.0 Å². The van der Waals surface area contributed by atoms with E-state index in [2.05, 4.69) is 10.0 Å². The van der Waals surface area contributed by atoms with E-state index in [0.717, 1.165) is 4.88 Å². The smallest absolute Gasteiger partial charge is 0.265 e. The summed E-state index contributed by atoms with van der Waals surface area (Å²) in [7, 11) is -1.03. The fourth-order valence-electron chi connectivity index (χ4n) is 2.75. The summed E-state index contributed by atoms with van der Waals surface area (Å²) in [4.78, 5) is 13.3. The van der Waals surface area contributed by atoms with Crippen LogP contribution in [-0.2, 0) is 21.2 Å². The molecule has 0 atom stereocenters. The lowest BCUT2D eigenvalue weighted by Crippen LogP contribution is -2.16. The van der Waals surface area contributed by atoms with Crippen molar-refractivity contribution >= 4 is 38.6 Å². The Morgan fingerprint density at radius 2 is 1.73 bits per heavy atom. The lowest BCUT2D eigenvalue weighted by atomic mass is 10.2. The summed E-state index contributed by atoms with van der Waals surface area (Å²) in [5, 5.41) is 4.71. The number of carbonyl (C=O) groups excluding carboxylic acids is 1. The molecule has 0 saturated carbocycles. The van der Waals surface area contributed by atoms with Crippen LogP contribution in [0.3, 0.4) is 0 Å². The third kappa shape index (κ3) is 5.52. The van der Waals surface area contributed by atoms with Crippen molar-refractivity contribution in [2.24, 2.45) is 0 Å². The van der Waals surface area contributed by atoms with Crippen LogP contribution in [0.2, 0.25) is 0 Å². The maximum absolute atomic E-state index is 12.9. The highest BCUT2D eigenvalue weighted by Gasteiger charge is 2.21. The summed E-state index contributed by atoms with van der Waals surface area (Å²) in [6, 6.07) is 14.9. The number of methoxy groups -OCH3 is 2. The molecule has 158 valence electrons. The SMILES string of the molecule is COc1ccc(NS(=O)(=O)c2cc(NC(=O)CCc3cccs3)ccc2OC)cc1. The number of benzene rings is 2. The van der Waals surface area contributed by atoms with Crippen LogP contribution in [0, 0.1) is 0 Å². The Morgan fingerprint density at radius 3 is 2.37 bits per heavy atom. The molecule has 0 radical (unpaired) electrons. The molecule has 1 amide bonds. The maximum atomic E-state index is 12.9. The number of thiophene rings is 1. The van der Waals surface area contributed by atoms with Gasteiger partial charge in [0.1, 0.15) is 16.4 Å². The number of anilines is 2. The predicted octanol–water partition coefficient (Wildman–Crippen LogP) is 4.14. The van der Waals surface area contributed by atoms with Gasteiger partial charge in [-0.15, -0.1) is 11.3 Å². The van der Waals surface area contributed by atoms with Crippen LogP contribution < -0.4 is 19.5 Å². The fourth-order valence-corrected chi connectivity index (χ4v) is 4.71. The van der Waals surface area contributed by atoms with Gasteiger partial charge in [0, 0.05) is 22.7 Å². The molecule has 7 nitrogen and oxygen atoms in total. The van der Waals surface area contributed by atoms with E-state index in [0.29, 0.717) is 30.0 Å². The van der Waals surface area contributed by atoms with Crippen molar-refractivity contribution in [3.05, 3.63) is 64.9 Å². The molecular formula is C21H22N2O5S2. The maximum Gasteiger partial charge on any atom is 0.265 e. The molecule has 0 saturated heterocycles. The van der Waals surface area contributed by atoms with E-state index in [9.17, 15) is 13.2 Å². The van der Waals surface area contributed by atoms with Crippen molar-refractivity contribution in [3.63, 3.8) is 0 Å². The predicted molar refractivity (Wildman–Crippen MR) is 118 cm³/mol. The molecule has 2 aromatic carbocycles. The molecule has 9 heteroatoms. The number of sulfonamides is 1. The van der Waals surface area contributed by atoms with E-state index >= 15 is 0 Å². The minimum atomic E-state index is -3.95. The zero-order valence-corrected chi connectivity index (χ0v) is 18.2. The Kier molecular flexibility index (Phi) is 6.96. The molecule has 3 aromatic rings. The second-order valence-corrected chi connectivity index (χ2v) is 9.01. The van der Waals surface area contributed by atoms with Gasteiger partial charge in [0.2, 0.25) is 5.91 Å². The van der Waals surface area contributed by atoms with Gasteiger partial charge in [-0.3, -0.25) is 9.52 Å². The van der Waals surface area contributed by atoms with E-state index in [1.807, 2.05) is 17.5 Å². The largest absolute Gasteiger partial charge is 0.497 e. The molecule has 0 aliphatic carbocycles. The van der Waals surface area contributed by atoms with Crippen LogP contribution in [-0.4, -0.2) is 28.5 Å². The molecule has 0 bridgehead atoms. The highest BCUT2D eigenvalue weighted by atomic mass is 32.2. The van der Waals surface area contributed by atoms with E-state index in [-0.39, 0.29) is 16.6 Å². The number of nitrogens with one attached hydrogen (secondary N) is 2. The Hall–Kier alpha value is -3.04. The summed E-state index contributed by atoms with van der Waals surface area (Å²) in [5.41, 5.74) is 0.755. The van der Waals surface area contributed by atoms with Crippen molar-refractivity contribution in [1.82, 2.24) is 0 Å². The normalized spacial score (nSPS) is 11.0. The van der Waals surface area contributed by atoms with Gasteiger partial charge < -0.3 is 14.8 Å². The minimum absolute atomic E-state index is 0.0723. The number of hydrogen-bond donors (Lipinski definition) is 2. The number of hydrogen-bond acceptors (Lipinski definition) is 6. The van der Waals surface area contributed by atoms with Crippen LogP contribution in [0.4, 0.5) is 11.4 Å². The molecule has 2 N–H and O–H groups in total. The minimum Gasteiger partial charge on any atom is -0.497 e. The second-order valence-electron chi connectivity index (χ2n) is 6.33. The van der Waals surface area contributed by atoms with Gasteiger partial charge in [-0.1, -0.05) is 6.07 Å². The van der Waals surface area contributed by atoms with Crippen molar-refractivity contribution in [1.29, 1.82) is 0 Å². The van der Waals surface area contributed by atoms with Gasteiger partial charge in [0.05, 0.1) is 14.2 Å². The Balaban J connectivity index is 1.76. The Labute approximate surface area is 179 Å². The quantitative estimate of drug-likeness (QED) is 0.515. The van der Waals surface area contributed by atoms with Gasteiger partial charge in [0.15, 0.2) is 0 Å². The first-order valence-corrected chi connectivity index (χ1v) is 11.4. The average molecular weight is 447 g/mol. The third-order valence-corrected chi connectivity index (χ3v) is 6.60. The van der Waals surface area contributed by atoms with Crippen LogP contribution in [0.5, 0.6) is 11.5 Å². The Bertz CT molecular complexity index is 1090. The first-order chi connectivity index (χ1) is 14.4. The standard InChI is InChI=1S/C21H22N2O5S2/c1-27-17-8-5-15(6-9-17)23-30(25,26)20-14-16(7-11-19(20)28-2)22-21(24)12-10-18-4-3-13-29-18/h3-9,11,13-14,23H,10,12H2,1-2H3,(H,22,24). The van der Waals surface area contributed by atoms with Gasteiger partial charge in [-0.2, -0.15) is 0 Å². The summed E-state index contributed by atoms with van der Waals surface area (Å²) in [5.74, 6) is 0.593. The van der Waals surface area contributed by atoms with E-state index in [1.165, 1.54) is 26.4 Å². The number of carbonyl (C=O) groups is 1. The molecule has 1 heterocycles. The lowest BCUT2D eigenvalue weighted by molar-refractivity contribution is -0.116. The first-order valence-electron chi connectivity index (χ1n) is 9.08. The highest BCUT2D eigenvalue weighted by molar-refractivity contribution is 7.92. The summed E-state index contributed by atoms with van der Waals surface area (Å²) in [6.07, 6.45) is 0.933. The van der Waals surface area contributed by atoms with E-state index in [1.54, 1.807) is 41.7 Å². The van der Waals surface area contributed by atoms with Crippen LogP contribution in [0.1, 0.15) is 11.3 Å². The zero-order valence-electron chi connectivity index (χ0n) is 16.5. The van der Waals surface area contributed by atoms with Crippen molar-refractivity contribution < 1.29 is 22.7 Å².